The number of para-hydroxylation sites is 1. The Balaban J connectivity index is 1.47. The van der Waals surface area contributed by atoms with Gasteiger partial charge < -0.3 is 14.5 Å². The Bertz CT molecular complexity index is 799. The van der Waals surface area contributed by atoms with Crippen LogP contribution in [0.1, 0.15) is 29.4 Å². The van der Waals surface area contributed by atoms with E-state index in [0.29, 0.717) is 37.4 Å². The minimum absolute atomic E-state index is 0.0124. The number of nitrogens with zero attached hydrogens (tertiary/aromatic N) is 2. The molecule has 28 heavy (non-hydrogen) atoms. The first-order valence-electron chi connectivity index (χ1n) is 9.45. The molecule has 0 radical (unpaired) electrons. The maximum Gasteiger partial charge on any atom is 0.309 e. The Labute approximate surface area is 168 Å². The number of esters is 1. The lowest BCUT2D eigenvalue weighted by Crippen LogP contribution is -2.41. The summed E-state index contributed by atoms with van der Waals surface area (Å²) in [5.74, 6) is -0.863. The molecular weight excluding hydrogens is 376 g/mol. The summed E-state index contributed by atoms with van der Waals surface area (Å²) in [4.78, 5) is 41.2. The van der Waals surface area contributed by atoms with E-state index in [1.54, 1.807) is 9.80 Å². The molecule has 3 rings (SSSR count). The van der Waals surface area contributed by atoms with Gasteiger partial charge in [-0.25, -0.2) is 0 Å². The van der Waals surface area contributed by atoms with E-state index >= 15 is 0 Å². The van der Waals surface area contributed by atoms with Crippen molar-refractivity contribution in [3.8, 4) is 0 Å². The molecule has 6 nitrogen and oxygen atoms in total. The SMILES string of the molecule is CCN(C(=O)COC(=O)C1CCN(C(=O)c2cccs2)CC1)c1ccccc1. The number of thiophene rings is 1. The normalized spacial score (nSPS) is 14.5. The summed E-state index contributed by atoms with van der Waals surface area (Å²) >= 11 is 1.42. The highest BCUT2D eigenvalue weighted by atomic mass is 32.1. The second kappa shape index (κ2) is 9.50. The molecule has 0 saturated carbocycles. The second-order valence-electron chi connectivity index (χ2n) is 6.63. The Kier molecular flexibility index (Phi) is 6.81. The van der Waals surface area contributed by atoms with Crippen LogP contribution in [0.5, 0.6) is 0 Å². The van der Waals surface area contributed by atoms with E-state index in [2.05, 4.69) is 0 Å². The van der Waals surface area contributed by atoms with E-state index in [1.807, 2.05) is 54.8 Å². The number of likely N-dealkylation sites (tertiary alicyclic amines) is 1. The Morgan fingerprint density at radius 3 is 2.43 bits per heavy atom. The zero-order valence-corrected chi connectivity index (χ0v) is 16.7. The van der Waals surface area contributed by atoms with Crippen molar-refractivity contribution in [2.45, 2.75) is 19.8 Å². The van der Waals surface area contributed by atoms with Gasteiger partial charge in [0.1, 0.15) is 0 Å². The largest absolute Gasteiger partial charge is 0.455 e. The highest BCUT2D eigenvalue weighted by Gasteiger charge is 2.29. The summed E-state index contributed by atoms with van der Waals surface area (Å²) < 4.78 is 5.28. The number of likely N-dealkylation sites (N-methyl/N-ethyl adjacent to an activating group) is 1. The van der Waals surface area contributed by atoms with Gasteiger partial charge in [-0.15, -0.1) is 11.3 Å². The first-order valence-corrected chi connectivity index (χ1v) is 10.3. The van der Waals surface area contributed by atoms with Crippen LogP contribution in [0.4, 0.5) is 5.69 Å². The van der Waals surface area contributed by atoms with Crippen molar-refractivity contribution in [3.05, 3.63) is 52.7 Å². The minimum atomic E-state index is -0.360. The fourth-order valence-corrected chi connectivity index (χ4v) is 4.00. The molecule has 2 heterocycles. The van der Waals surface area contributed by atoms with Crippen molar-refractivity contribution in [2.24, 2.45) is 5.92 Å². The first-order chi connectivity index (χ1) is 13.6. The number of anilines is 1. The molecule has 1 aromatic carbocycles. The maximum atomic E-state index is 12.4. The third kappa shape index (κ3) is 4.78. The van der Waals surface area contributed by atoms with Gasteiger partial charge in [-0.1, -0.05) is 24.3 Å². The molecule has 1 aliphatic heterocycles. The van der Waals surface area contributed by atoms with Gasteiger partial charge in [0.05, 0.1) is 10.8 Å². The molecule has 1 saturated heterocycles. The zero-order valence-electron chi connectivity index (χ0n) is 15.9. The summed E-state index contributed by atoms with van der Waals surface area (Å²) in [7, 11) is 0. The van der Waals surface area contributed by atoms with Gasteiger partial charge in [-0.05, 0) is 43.3 Å². The maximum absolute atomic E-state index is 12.4. The molecule has 2 amide bonds. The van der Waals surface area contributed by atoms with Crippen LogP contribution in [0.3, 0.4) is 0 Å². The highest BCUT2D eigenvalue weighted by Crippen LogP contribution is 2.22. The van der Waals surface area contributed by atoms with Crippen molar-refractivity contribution in [1.82, 2.24) is 4.90 Å². The number of carbonyl (C=O) groups is 3. The summed E-state index contributed by atoms with van der Waals surface area (Å²) in [6.07, 6.45) is 1.11. The average molecular weight is 401 g/mol. The third-order valence-electron chi connectivity index (χ3n) is 4.87. The number of ether oxygens (including phenoxy) is 1. The predicted molar refractivity (Wildman–Crippen MR) is 108 cm³/mol. The summed E-state index contributed by atoms with van der Waals surface area (Å²) in [6.45, 7) is 3.16. The molecule has 1 fully saturated rings. The summed E-state index contributed by atoms with van der Waals surface area (Å²) in [5, 5.41) is 1.88. The van der Waals surface area contributed by atoms with Crippen LogP contribution in [-0.2, 0) is 14.3 Å². The van der Waals surface area contributed by atoms with E-state index in [9.17, 15) is 14.4 Å². The van der Waals surface area contributed by atoms with Crippen LogP contribution in [0.2, 0.25) is 0 Å². The topological polar surface area (TPSA) is 66.9 Å². The van der Waals surface area contributed by atoms with Crippen LogP contribution in [-0.4, -0.2) is 48.9 Å². The van der Waals surface area contributed by atoms with Gasteiger partial charge >= 0.3 is 5.97 Å². The van der Waals surface area contributed by atoms with Crippen LogP contribution in [0.25, 0.3) is 0 Å². The fourth-order valence-electron chi connectivity index (χ4n) is 3.31. The van der Waals surface area contributed by atoms with E-state index < -0.39 is 0 Å². The summed E-state index contributed by atoms with van der Waals surface area (Å²) in [5.41, 5.74) is 0.784. The van der Waals surface area contributed by atoms with Crippen LogP contribution >= 0.6 is 11.3 Å². The molecule has 2 aromatic rings. The van der Waals surface area contributed by atoms with E-state index in [4.69, 9.17) is 4.74 Å². The van der Waals surface area contributed by atoms with Gasteiger partial charge in [0.2, 0.25) is 0 Å². The third-order valence-corrected chi connectivity index (χ3v) is 5.73. The Hall–Kier alpha value is -2.67. The molecule has 0 N–H and O–H groups in total. The van der Waals surface area contributed by atoms with Crippen molar-refractivity contribution >= 4 is 34.8 Å². The predicted octanol–water partition coefficient (Wildman–Crippen LogP) is 3.20. The van der Waals surface area contributed by atoms with E-state index in [-0.39, 0.29) is 30.3 Å². The lowest BCUT2D eigenvalue weighted by Gasteiger charge is -2.30. The molecule has 148 valence electrons. The standard InChI is InChI=1S/C21H24N2O4S/c1-2-23(17-7-4-3-5-8-17)19(24)15-27-21(26)16-10-12-22(13-11-16)20(25)18-9-6-14-28-18/h3-9,14,16H,2,10-13,15H2,1H3. The molecule has 1 aliphatic rings. The van der Waals surface area contributed by atoms with Gasteiger partial charge in [0.15, 0.2) is 6.61 Å². The molecule has 0 bridgehead atoms. The fraction of sp³-hybridized carbons (Fsp3) is 0.381. The number of amides is 2. The number of benzene rings is 1. The van der Waals surface area contributed by atoms with E-state index in [0.717, 1.165) is 5.69 Å². The number of carbonyl (C=O) groups excluding carboxylic acids is 3. The molecule has 0 atom stereocenters. The molecule has 7 heteroatoms. The Morgan fingerprint density at radius 1 is 1.11 bits per heavy atom. The number of piperidine rings is 1. The van der Waals surface area contributed by atoms with Crippen molar-refractivity contribution in [3.63, 3.8) is 0 Å². The summed E-state index contributed by atoms with van der Waals surface area (Å²) in [6, 6.07) is 13.0. The molecule has 0 spiro atoms. The van der Waals surface area contributed by atoms with Gasteiger partial charge in [-0.3, -0.25) is 14.4 Å². The van der Waals surface area contributed by atoms with Crippen molar-refractivity contribution in [2.75, 3.05) is 31.1 Å². The van der Waals surface area contributed by atoms with Crippen molar-refractivity contribution in [1.29, 1.82) is 0 Å². The molecule has 0 aliphatic carbocycles. The van der Waals surface area contributed by atoms with Gasteiger partial charge in [0.25, 0.3) is 11.8 Å². The lowest BCUT2D eigenvalue weighted by atomic mass is 9.97. The number of hydrogen-bond acceptors (Lipinski definition) is 5. The van der Waals surface area contributed by atoms with Crippen molar-refractivity contribution < 1.29 is 19.1 Å². The van der Waals surface area contributed by atoms with Crippen LogP contribution in [0, 0.1) is 5.92 Å². The second-order valence-corrected chi connectivity index (χ2v) is 7.57. The first kappa shape index (κ1) is 20.1. The van der Waals surface area contributed by atoms with E-state index in [1.165, 1.54) is 11.3 Å². The highest BCUT2D eigenvalue weighted by molar-refractivity contribution is 7.12. The van der Waals surface area contributed by atoms with Crippen LogP contribution < -0.4 is 4.90 Å². The number of hydrogen-bond donors (Lipinski definition) is 0. The molecule has 1 aromatic heterocycles. The molecular formula is C21H24N2O4S. The minimum Gasteiger partial charge on any atom is -0.455 e. The smallest absolute Gasteiger partial charge is 0.309 e. The quantitative estimate of drug-likeness (QED) is 0.699. The Morgan fingerprint density at radius 2 is 1.82 bits per heavy atom. The average Bonchev–Trinajstić information content (AvgIpc) is 3.28. The lowest BCUT2D eigenvalue weighted by molar-refractivity contribution is -0.153. The van der Waals surface area contributed by atoms with Gasteiger partial charge in [-0.2, -0.15) is 0 Å². The number of rotatable bonds is 6. The van der Waals surface area contributed by atoms with Gasteiger partial charge in [0, 0.05) is 25.3 Å². The monoisotopic (exact) mass is 400 g/mol. The zero-order chi connectivity index (χ0) is 19.9. The molecule has 0 unspecified atom stereocenters. The van der Waals surface area contributed by atoms with Crippen LogP contribution in [0.15, 0.2) is 47.8 Å².